The molecule has 2 aromatic rings. The second-order valence-electron chi connectivity index (χ2n) is 9.19. The number of likely N-dealkylation sites (tertiary alicyclic amines) is 1. The molecule has 2 aliphatic heterocycles. The summed E-state index contributed by atoms with van der Waals surface area (Å²) >= 11 is 1.63. The van der Waals surface area contributed by atoms with Crippen molar-refractivity contribution in [3.05, 3.63) is 29.5 Å². The molecule has 4 rings (SSSR count). The van der Waals surface area contributed by atoms with Gasteiger partial charge < -0.3 is 19.1 Å². The number of nitrogens with zero attached hydrogens (tertiary/aromatic N) is 3. The lowest BCUT2D eigenvalue weighted by atomic mass is 10.0. The van der Waals surface area contributed by atoms with E-state index >= 15 is 0 Å². The Balaban J connectivity index is 1.75. The van der Waals surface area contributed by atoms with Crippen LogP contribution in [0.3, 0.4) is 0 Å². The lowest BCUT2D eigenvalue weighted by Gasteiger charge is -2.35. The second kappa shape index (κ2) is 9.29. The zero-order chi connectivity index (χ0) is 23.8. The lowest BCUT2D eigenvalue weighted by molar-refractivity contribution is 0.0166. The van der Waals surface area contributed by atoms with Crippen molar-refractivity contribution in [2.24, 2.45) is 0 Å². The lowest BCUT2D eigenvalue weighted by Crippen LogP contribution is -2.43. The number of hydrogen-bond acceptors (Lipinski definition) is 7. The van der Waals surface area contributed by atoms with Crippen LogP contribution >= 0.6 is 11.8 Å². The zero-order valence-corrected chi connectivity index (χ0v) is 20.7. The predicted molar refractivity (Wildman–Crippen MR) is 126 cm³/mol. The Morgan fingerprint density at radius 1 is 1.27 bits per heavy atom. The van der Waals surface area contributed by atoms with Gasteiger partial charge in [-0.3, -0.25) is 4.68 Å². The van der Waals surface area contributed by atoms with E-state index in [1.54, 1.807) is 30.7 Å². The Morgan fingerprint density at radius 2 is 2.06 bits per heavy atom. The number of aromatic nitrogens is 2. The topological polar surface area (TPSA) is 82.9 Å². The summed E-state index contributed by atoms with van der Waals surface area (Å²) in [6.07, 6.45) is 1.35. The van der Waals surface area contributed by atoms with E-state index in [0.29, 0.717) is 24.5 Å². The maximum atomic E-state index is 12.8. The first-order valence-electron chi connectivity index (χ1n) is 11.3. The van der Waals surface area contributed by atoms with Crippen molar-refractivity contribution in [1.82, 2.24) is 14.7 Å². The third kappa shape index (κ3) is 4.69. The first-order chi connectivity index (χ1) is 15.7. The fourth-order valence-electron chi connectivity index (χ4n) is 4.32. The van der Waals surface area contributed by atoms with Crippen LogP contribution in [0.2, 0.25) is 0 Å². The molecule has 1 unspecified atom stereocenters. The van der Waals surface area contributed by atoms with Crippen molar-refractivity contribution in [2.45, 2.75) is 62.8 Å². The summed E-state index contributed by atoms with van der Waals surface area (Å²) < 4.78 is 18.4. The monoisotopic (exact) mass is 473 g/mol. The molecule has 0 radical (unpaired) electrons. The van der Waals surface area contributed by atoms with Crippen molar-refractivity contribution in [3.8, 4) is 17.0 Å². The molecule has 3 heterocycles. The van der Waals surface area contributed by atoms with Gasteiger partial charge in [0.05, 0.1) is 30.3 Å². The maximum Gasteiger partial charge on any atom is 0.410 e. The van der Waals surface area contributed by atoms with Crippen molar-refractivity contribution >= 4 is 23.8 Å². The maximum absolute atomic E-state index is 12.8. The summed E-state index contributed by atoms with van der Waals surface area (Å²) in [4.78, 5) is 28.3. The number of esters is 1. The first-order valence-corrected chi connectivity index (χ1v) is 12.3. The molecule has 1 saturated heterocycles. The molecule has 2 aliphatic rings. The van der Waals surface area contributed by atoms with E-state index in [1.807, 2.05) is 43.7 Å². The quantitative estimate of drug-likeness (QED) is 0.583. The van der Waals surface area contributed by atoms with E-state index in [9.17, 15) is 9.59 Å². The number of methoxy groups -OCH3 is 1. The fourth-order valence-corrected chi connectivity index (χ4v) is 5.50. The number of thioether (sulfide) groups is 1. The third-order valence-electron chi connectivity index (χ3n) is 5.69. The zero-order valence-electron chi connectivity index (χ0n) is 19.8. The average Bonchev–Trinajstić information content (AvgIpc) is 3.18. The van der Waals surface area contributed by atoms with Crippen LogP contribution in [-0.2, 0) is 15.2 Å². The van der Waals surface area contributed by atoms with Gasteiger partial charge in [0, 0.05) is 30.0 Å². The van der Waals surface area contributed by atoms with Gasteiger partial charge in [0.15, 0.2) is 5.69 Å². The van der Waals surface area contributed by atoms with Crippen LogP contribution in [0.25, 0.3) is 11.3 Å². The molecule has 0 aliphatic carbocycles. The number of piperidine rings is 1. The van der Waals surface area contributed by atoms with Crippen LogP contribution in [0.4, 0.5) is 4.79 Å². The number of benzene rings is 1. The summed E-state index contributed by atoms with van der Waals surface area (Å²) in [6.45, 7) is 8.78. The third-order valence-corrected chi connectivity index (χ3v) is 6.83. The number of hydrogen-bond donors (Lipinski definition) is 0. The fraction of sp³-hybridized carbons (Fsp3) is 0.542. The highest BCUT2D eigenvalue weighted by atomic mass is 32.2. The SMILES string of the molecule is CCOC(=O)c1nn(C2CCCN(C(=O)OC(C)(C)C)C2)c2c1CSc1c(OC)cccc1-2. The van der Waals surface area contributed by atoms with E-state index in [-0.39, 0.29) is 18.7 Å². The summed E-state index contributed by atoms with van der Waals surface area (Å²) in [5, 5.41) is 4.77. The van der Waals surface area contributed by atoms with E-state index in [0.717, 1.165) is 40.3 Å². The Labute approximate surface area is 198 Å². The van der Waals surface area contributed by atoms with Crippen molar-refractivity contribution in [3.63, 3.8) is 0 Å². The van der Waals surface area contributed by atoms with Gasteiger partial charge in [0.2, 0.25) is 0 Å². The minimum absolute atomic E-state index is 0.0784. The molecule has 1 aromatic heterocycles. The summed E-state index contributed by atoms with van der Waals surface area (Å²) in [6, 6.07) is 5.84. The van der Waals surface area contributed by atoms with Crippen molar-refractivity contribution < 1.29 is 23.8 Å². The highest BCUT2D eigenvalue weighted by Gasteiger charge is 2.35. The van der Waals surface area contributed by atoms with Crippen LogP contribution < -0.4 is 4.74 Å². The molecule has 1 atom stereocenters. The summed E-state index contributed by atoms with van der Waals surface area (Å²) in [5.41, 5.74) is 2.55. The molecular weight excluding hydrogens is 442 g/mol. The molecule has 178 valence electrons. The standard InChI is InChI=1S/C24H31N3O5S/c1-6-31-22(28)19-17-14-33-21-16(10-7-11-18(21)30-5)20(17)27(25-19)15-9-8-12-26(13-15)23(29)32-24(2,3)4/h7,10-11,15H,6,8-9,12-14H2,1-5H3. The molecule has 8 nitrogen and oxygen atoms in total. The number of ether oxygens (including phenoxy) is 3. The summed E-state index contributed by atoms with van der Waals surface area (Å²) in [5.74, 6) is 0.978. The van der Waals surface area contributed by atoms with Gasteiger partial charge in [-0.2, -0.15) is 5.10 Å². The van der Waals surface area contributed by atoms with Crippen molar-refractivity contribution in [2.75, 3.05) is 26.8 Å². The minimum atomic E-state index is -0.557. The molecule has 1 amide bonds. The molecule has 0 saturated carbocycles. The number of carbonyl (C=O) groups excluding carboxylic acids is 2. The summed E-state index contributed by atoms with van der Waals surface area (Å²) in [7, 11) is 1.66. The smallest absolute Gasteiger partial charge is 0.410 e. The molecule has 0 N–H and O–H groups in total. The largest absolute Gasteiger partial charge is 0.496 e. The van der Waals surface area contributed by atoms with Gasteiger partial charge in [-0.15, -0.1) is 11.8 Å². The van der Waals surface area contributed by atoms with Crippen LogP contribution in [0.5, 0.6) is 5.75 Å². The van der Waals surface area contributed by atoms with Gasteiger partial charge in [0.1, 0.15) is 11.4 Å². The molecule has 33 heavy (non-hydrogen) atoms. The number of rotatable bonds is 4. The molecule has 1 fully saturated rings. The van der Waals surface area contributed by atoms with Crippen LogP contribution in [0.1, 0.15) is 62.6 Å². The number of fused-ring (bicyclic) bond motifs is 3. The Kier molecular flexibility index (Phi) is 6.61. The van der Waals surface area contributed by atoms with Crippen LogP contribution in [0, 0.1) is 0 Å². The molecular formula is C24H31N3O5S. The molecule has 0 spiro atoms. The Bertz CT molecular complexity index is 1060. The van der Waals surface area contributed by atoms with Crippen LogP contribution in [0.15, 0.2) is 23.1 Å². The molecule has 9 heteroatoms. The van der Waals surface area contributed by atoms with Crippen LogP contribution in [-0.4, -0.2) is 59.2 Å². The van der Waals surface area contributed by atoms with Gasteiger partial charge in [-0.1, -0.05) is 12.1 Å². The average molecular weight is 474 g/mol. The number of amides is 1. The van der Waals surface area contributed by atoms with E-state index in [1.165, 1.54) is 0 Å². The highest BCUT2D eigenvalue weighted by molar-refractivity contribution is 7.98. The van der Waals surface area contributed by atoms with Gasteiger partial charge >= 0.3 is 12.1 Å². The number of carbonyl (C=O) groups is 2. The van der Waals surface area contributed by atoms with E-state index in [4.69, 9.17) is 19.3 Å². The molecule has 1 aromatic carbocycles. The van der Waals surface area contributed by atoms with Gasteiger partial charge in [-0.05, 0) is 46.6 Å². The first kappa shape index (κ1) is 23.5. The van der Waals surface area contributed by atoms with Gasteiger partial charge in [0.25, 0.3) is 0 Å². The van der Waals surface area contributed by atoms with E-state index < -0.39 is 11.6 Å². The normalized spacial score (nSPS) is 17.7. The Morgan fingerprint density at radius 3 is 2.76 bits per heavy atom. The predicted octanol–water partition coefficient (Wildman–Crippen LogP) is 4.91. The van der Waals surface area contributed by atoms with Gasteiger partial charge in [-0.25, -0.2) is 9.59 Å². The van der Waals surface area contributed by atoms with E-state index in [2.05, 4.69) is 0 Å². The highest BCUT2D eigenvalue weighted by Crippen LogP contribution is 2.48. The molecule has 0 bridgehead atoms. The minimum Gasteiger partial charge on any atom is -0.496 e. The van der Waals surface area contributed by atoms with Crippen molar-refractivity contribution in [1.29, 1.82) is 0 Å². The second-order valence-corrected chi connectivity index (χ2v) is 10.2. The Hall–Kier alpha value is -2.68.